The Morgan fingerprint density at radius 2 is 1.92 bits per heavy atom. The van der Waals surface area contributed by atoms with E-state index in [1.165, 1.54) is 0 Å². The molecule has 0 saturated carbocycles. The number of para-hydroxylation sites is 1. The smallest absolute Gasteiger partial charge is 0.124 e. The lowest BCUT2D eigenvalue weighted by molar-refractivity contribution is 1.06. The van der Waals surface area contributed by atoms with Gasteiger partial charge in [-0.25, -0.2) is 0 Å². The highest BCUT2D eigenvalue weighted by Gasteiger charge is 2.05. The van der Waals surface area contributed by atoms with Crippen molar-refractivity contribution in [3.8, 4) is 5.69 Å². The number of nitrogens with two attached hydrogens (primary N) is 1. The minimum absolute atomic E-state index is 0.583. The molecule has 5 heteroatoms. The van der Waals surface area contributed by atoms with Crippen molar-refractivity contribution in [2.45, 2.75) is 0 Å². The van der Waals surface area contributed by atoms with Crippen LogP contribution in [-0.2, 0) is 0 Å². The fourth-order valence-corrected chi connectivity index (χ4v) is 1.40. The van der Waals surface area contributed by atoms with Gasteiger partial charge in [-0.2, -0.15) is 0 Å². The van der Waals surface area contributed by atoms with Gasteiger partial charge < -0.3 is 5.73 Å². The lowest BCUT2D eigenvalue weighted by Crippen LogP contribution is -1.97. The van der Waals surface area contributed by atoms with Crippen LogP contribution in [0.4, 0.5) is 5.69 Å². The standard InChI is InChI=1S/C8H7ClN4/c9-6-2-1-3-7(10)8(6)13-4-11-12-5-13/h1-5H,10H2. The summed E-state index contributed by atoms with van der Waals surface area (Å²) in [7, 11) is 0. The highest BCUT2D eigenvalue weighted by atomic mass is 35.5. The summed E-state index contributed by atoms with van der Waals surface area (Å²) in [6, 6.07) is 5.35. The van der Waals surface area contributed by atoms with Crippen LogP contribution in [-0.4, -0.2) is 14.8 Å². The van der Waals surface area contributed by atoms with Gasteiger partial charge in [0, 0.05) is 0 Å². The first kappa shape index (κ1) is 8.07. The summed E-state index contributed by atoms with van der Waals surface area (Å²) in [6.07, 6.45) is 3.11. The van der Waals surface area contributed by atoms with Crippen molar-refractivity contribution in [1.29, 1.82) is 0 Å². The van der Waals surface area contributed by atoms with Crippen molar-refractivity contribution < 1.29 is 0 Å². The molecule has 1 heterocycles. The molecule has 2 N–H and O–H groups in total. The zero-order chi connectivity index (χ0) is 9.26. The Labute approximate surface area is 80.0 Å². The summed E-state index contributed by atoms with van der Waals surface area (Å²) in [5.74, 6) is 0. The molecule has 0 spiro atoms. The molecule has 0 aliphatic carbocycles. The van der Waals surface area contributed by atoms with Crippen LogP contribution < -0.4 is 5.73 Å². The van der Waals surface area contributed by atoms with Crippen molar-refractivity contribution in [3.63, 3.8) is 0 Å². The number of nitrogens with zero attached hydrogens (tertiary/aromatic N) is 3. The Kier molecular flexibility index (Phi) is 1.90. The highest BCUT2D eigenvalue weighted by Crippen LogP contribution is 2.25. The van der Waals surface area contributed by atoms with Crippen molar-refractivity contribution in [2.75, 3.05) is 5.73 Å². The fraction of sp³-hybridized carbons (Fsp3) is 0. The third-order valence-electron chi connectivity index (χ3n) is 1.69. The van der Waals surface area contributed by atoms with Gasteiger partial charge in [-0.05, 0) is 12.1 Å². The summed E-state index contributed by atoms with van der Waals surface area (Å²) >= 11 is 5.96. The van der Waals surface area contributed by atoms with E-state index in [1.807, 2.05) is 0 Å². The first-order valence-electron chi connectivity index (χ1n) is 3.68. The van der Waals surface area contributed by atoms with Crippen LogP contribution in [0.2, 0.25) is 5.02 Å². The van der Waals surface area contributed by atoms with E-state index in [0.717, 1.165) is 0 Å². The van der Waals surface area contributed by atoms with Crippen LogP contribution in [0.15, 0.2) is 30.9 Å². The van der Waals surface area contributed by atoms with E-state index >= 15 is 0 Å². The van der Waals surface area contributed by atoms with Crippen LogP contribution in [0.1, 0.15) is 0 Å². The average Bonchev–Trinajstić information content (AvgIpc) is 2.57. The summed E-state index contributed by atoms with van der Waals surface area (Å²) in [4.78, 5) is 0. The zero-order valence-corrected chi connectivity index (χ0v) is 7.44. The molecule has 0 fully saturated rings. The molecule has 0 aliphatic rings. The Hall–Kier alpha value is -1.55. The molecule has 13 heavy (non-hydrogen) atoms. The SMILES string of the molecule is Nc1cccc(Cl)c1-n1cnnc1. The molecule has 66 valence electrons. The third-order valence-corrected chi connectivity index (χ3v) is 2.00. The lowest BCUT2D eigenvalue weighted by atomic mass is 10.2. The summed E-state index contributed by atoms with van der Waals surface area (Å²) in [5.41, 5.74) is 7.07. The van der Waals surface area contributed by atoms with Crippen LogP contribution in [0.5, 0.6) is 0 Å². The van der Waals surface area contributed by atoms with Gasteiger partial charge in [0.1, 0.15) is 12.7 Å². The Bertz CT molecular complexity index is 390. The first-order chi connectivity index (χ1) is 6.29. The van der Waals surface area contributed by atoms with Crippen molar-refractivity contribution in [1.82, 2.24) is 14.8 Å². The maximum Gasteiger partial charge on any atom is 0.124 e. The number of rotatable bonds is 1. The first-order valence-corrected chi connectivity index (χ1v) is 4.06. The predicted molar refractivity (Wildman–Crippen MR) is 50.8 cm³/mol. The molecular formula is C8H7ClN4. The quantitative estimate of drug-likeness (QED) is 0.700. The molecule has 4 nitrogen and oxygen atoms in total. The van der Waals surface area contributed by atoms with Crippen LogP contribution >= 0.6 is 11.6 Å². The van der Waals surface area contributed by atoms with Gasteiger partial charge in [-0.3, -0.25) is 4.57 Å². The van der Waals surface area contributed by atoms with Gasteiger partial charge in [-0.15, -0.1) is 10.2 Å². The molecule has 0 atom stereocenters. The largest absolute Gasteiger partial charge is 0.397 e. The van der Waals surface area contributed by atoms with Crippen LogP contribution in [0.3, 0.4) is 0 Å². The fourth-order valence-electron chi connectivity index (χ4n) is 1.12. The molecule has 1 aromatic carbocycles. The number of hydrogen-bond donors (Lipinski definition) is 1. The Morgan fingerprint density at radius 3 is 2.54 bits per heavy atom. The summed E-state index contributed by atoms with van der Waals surface area (Å²) < 4.78 is 1.68. The van der Waals surface area contributed by atoms with E-state index in [0.29, 0.717) is 16.4 Å². The number of anilines is 1. The molecule has 2 aromatic rings. The minimum atomic E-state index is 0.583. The average molecular weight is 195 g/mol. The van der Waals surface area contributed by atoms with Gasteiger partial charge in [0.25, 0.3) is 0 Å². The van der Waals surface area contributed by atoms with Gasteiger partial charge in [0.05, 0.1) is 16.4 Å². The van der Waals surface area contributed by atoms with E-state index in [-0.39, 0.29) is 0 Å². The van der Waals surface area contributed by atoms with E-state index < -0.39 is 0 Å². The van der Waals surface area contributed by atoms with Gasteiger partial charge >= 0.3 is 0 Å². The normalized spacial score (nSPS) is 10.2. The number of halogens is 1. The van der Waals surface area contributed by atoms with Gasteiger partial charge in [-0.1, -0.05) is 17.7 Å². The molecular weight excluding hydrogens is 188 g/mol. The maximum absolute atomic E-state index is 5.96. The molecule has 0 bridgehead atoms. The molecule has 0 amide bonds. The van der Waals surface area contributed by atoms with Gasteiger partial charge in [0.2, 0.25) is 0 Å². The summed E-state index contributed by atoms with van der Waals surface area (Å²) in [5, 5.41) is 7.94. The third kappa shape index (κ3) is 1.36. The topological polar surface area (TPSA) is 56.7 Å². The van der Waals surface area contributed by atoms with Crippen LogP contribution in [0, 0.1) is 0 Å². The lowest BCUT2D eigenvalue weighted by Gasteiger charge is -2.06. The van der Waals surface area contributed by atoms with Crippen molar-refractivity contribution in [3.05, 3.63) is 35.9 Å². The molecule has 0 unspecified atom stereocenters. The van der Waals surface area contributed by atoms with E-state index in [2.05, 4.69) is 10.2 Å². The minimum Gasteiger partial charge on any atom is -0.397 e. The highest BCUT2D eigenvalue weighted by molar-refractivity contribution is 6.32. The molecule has 0 radical (unpaired) electrons. The number of nitrogen functional groups attached to an aromatic ring is 1. The Morgan fingerprint density at radius 1 is 1.23 bits per heavy atom. The molecule has 2 rings (SSSR count). The van der Waals surface area contributed by atoms with E-state index in [1.54, 1.807) is 35.4 Å². The Balaban J connectivity index is 2.64. The zero-order valence-electron chi connectivity index (χ0n) is 6.68. The van der Waals surface area contributed by atoms with E-state index in [9.17, 15) is 0 Å². The van der Waals surface area contributed by atoms with E-state index in [4.69, 9.17) is 17.3 Å². The maximum atomic E-state index is 5.96. The second-order valence-electron chi connectivity index (χ2n) is 2.55. The molecule has 1 aromatic heterocycles. The van der Waals surface area contributed by atoms with Crippen molar-refractivity contribution >= 4 is 17.3 Å². The summed E-state index contributed by atoms with van der Waals surface area (Å²) in [6.45, 7) is 0. The predicted octanol–water partition coefficient (Wildman–Crippen LogP) is 1.50. The van der Waals surface area contributed by atoms with Crippen molar-refractivity contribution in [2.24, 2.45) is 0 Å². The molecule has 0 saturated heterocycles. The second kappa shape index (κ2) is 3.06. The number of aromatic nitrogens is 3. The number of benzene rings is 1. The van der Waals surface area contributed by atoms with Crippen LogP contribution in [0.25, 0.3) is 5.69 Å². The monoisotopic (exact) mass is 194 g/mol. The van der Waals surface area contributed by atoms with Gasteiger partial charge in [0.15, 0.2) is 0 Å². The second-order valence-corrected chi connectivity index (χ2v) is 2.95. The number of hydrogen-bond acceptors (Lipinski definition) is 3. The molecule has 0 aliphatic heterocycles.